The molecule has 3 aromatic carbocycles. The zero-order valence-corrected chi connectivity index (χ0v) is 17.4. The van der Waals surface area contributed by atoms with E-state index in [1.165, 1.54) is 11.1 Å². The fraction of sp³-hybridized carbons (Fsp3) is 0.174. The van der Waals surface area contributed by atoms with E-state index in [2.05, 4.69) is 22.2 Å². The van der Waals surface area contributed by atoms with Crippen LogP contribution in [-0.4, -0.2) is 20.4 Å². The van der Waals surface area contributed by atoms with E-state index in [9.17, 15) is 17.6 Å². The van der Waals surface area contributed by atoms with Gasteiger partial charge in [-0.15, -0.1) is 0 Å². The van der Waals surface area contributed by atoms with Gasteiger partial charge in [0.1, 0.15) is 5.82 Å². The van der Waals surface area contributed by atoms with E-state index in [0.717, 1.165) is 35.7 Å². The Morgan fingerprint density at radius 2 is 1.70 bits per heavy atom. The van der Waals surface area contributed by atoms with Gasteiger partial charge in [0, 0.05) is 11.7 Å². The van der Waals surface area contributed by atoms with E-state index >= 15 is 0 Å². The molecule has 0 saturated heterocycles. The summed E-state index contributed by atoms with van der Waals surface area (Å²) < 4.78 is 41.4. The molecule has 1 aliphatic rings. The lowest BCUT2D eigenvalue weighted by molar-refractivity contribution is 0.102. The number of hydrogen-bond donors (Lipinski definition) is 2. The van der Waals surface area contributed by atoms with Gasteiger partial charge in [-0.2, -0.15) is 0 Å². The number of hydrogen-bond acceptors (Lipinski definition) is 3. The number of halogens is 1. The highest BCUT2D eigenvalue weighted by Gasteiger charge is 2.22. The van der Waals surface area contributed by atoms with Gasteiger partial charge in [0.15, 0.2) is 0 Å². The van der Waals surface area contributed by atoms with Gasteiger partial charge >= 0.3 is 0 Å². The highest BCUT2D eigenvalue weighted by molar-refractivity contribution is 7.89. The second kappa shape index (κ2) is 7.66. The van der Waals surface area contributed by atoms with Crippen LogP contribution in [0.15, 0.2) is 65.6 Å². The van der Waals surface area contributed by atoms with Crippen molar-refractivity contribution in [2.75, 3.05) is 5.32 Å². The van der Waals surface area contributed by atoms with E-state index in [4.69, 9.17) is 0 Å². The lowest BCUT2D eigenvalue weighted by Gasteiger charge is -2.12. The number of rotatable bonds is 5. The van der Waals surface area contributed by atoms with Crippen LogP contribution in [-0.2, 0) is 16.4 Å². The maximum atomic E-state index is 14.3. The lowest BCUT2D eigenvalue weighted by Crippen LogP contribution is -2.30. The molecule has 0 aromatic heterocycles. The molecule has 4 rings (SSSR count). The summed E-state index contributed by atoms with van der Waals surface area (Å²) in [6.07, 6.45) is 0.762. The summed E-state index contributed by atoms with van der Waals surface area (Å²) in [4.78, 5) is 12.5. The number of carbonyl (C=O) groups excluding carboxylic acids is 1. The first-order chi connectivity index (χ1) is 14.2. The van der Waals surface area contributed by atoms with Crippen molar-refractivity contribution in [1.82, 2.24) is 4.72 Å². The Labute approximate surface area is 175 Å². The zero-order valence-electron chi connectivity index (χ0n) is 16.6. The standard InChI is InChI=1S/C23H21FN2O3S/c1-14(2)26-30(28,29)18-8-10-22(24)21(13-18)23(27)25-17-7-9-20-16(12-17)11-15-5-3-4-6-19(15)20/h3-10,12-14,26H,11H2,1-2H3,(H,25,27). The van der Waals surface area contributed by atoms with Crippen molar-refractivity contribution in [3.8, 4) is 11.1 Å². The monoisotopic (exact) mass is 424 g/mol. The van der Waals surface area contributed by atoms with Crippen molar-refractivity contribution >= 4 is 21.6 Å². The van der Waals surface area contributed by atoms with Crippen LogP contribution < -0.4 is 10.0 Å². The smallest absolute Gasteiger partial charge is 0.258 e. The molecule has 0 saturated carbocycles. The fourth-order valence-corrected chi connectivity index (χ4v) is 4.92. The van der Waals surface area contributed by atoms with E-state index in [-0.39, 0.29) is 16.5 Å². The number of amides is 1. The van der Waals surface area contributed by atoms with Crippen molar-refractivity contribution in [3.63, 3.8) is 0 Å². The molecule has 0 fully saturated rings. The predicted molar refractivity (Wildman–Crippen MR) is 114 cm³/mol. The average molecular weight is 424 g/mol. The summed E-state index contributed by atoms with van der Waals surface area (Å²) >= 11 is 0. The number of carbonyl (C=O) groups is 1. The topological polar surface area (TPSA) is 75.3 Å². The molecule has 0 spiro atoms. The second-order valence-corrected chi connectivity index (χ2v) is 9.29. The van der Waals surface area contributed by atoms with Crippen LogP contribution in [0.1, 0.15) is 35.3 Å². The van der Waals surface area contributed by atoms with Crippen molar-refractivity contribution in [2.24, 2.45) is 0 Å². The van der Waals surface area contributed by atoms with Gasteiger partial charge in [-0.25, -0.2) is 17.5 Å². The SMILES string of the molecule is CC(C)NS(=O)(=O)c1ccc(F)c(C(=O)Nc2ccc3c(c2)Cc2ccccc2-3)c1. The molecular weight excluding hydrogens is 403 g/mol. The Hall–Kier alpha value is -3.03. The Morgan fingerprint density at radius 1 is 0.967 bits per heavy atom. The van der Waals surface area contributed by atoms with Crippen molar-refractivity contribution < 1.29 is 17.6 Å². The number of fused-ring (bicyclic) bond motifs is 3. The molecular formula is C23H21FN2O3S. The first-order valence-corrected chi connectivity index (χ1v) is 11.1. The molecule has 0 aliphatic heterocycles. The summed E-state index contributed by atoms with van der Waals surface area (Å²) in [5.74, 6) is -1.49. The van der Waals surface area contributed by atoms with Crippen LogP contribution in [0.5, 0.6) is 0 Å². The van der Waals surface area contributed by atoms with Gasteiger partial charge in [-0.05, 0) is 72.9 Å². The van der Waals surface area contributed by atoms with Crippen LogP contribution >= 0.6 is 0 Å². The van der Waals surface area contributed by atoms with Crippen molar-refractivity contribution in [3.05, 3.63) is 83.2 Å². The van der Waals surface area contributed by atoms with Crippen LogP contribution in [0.3, 0.4) is 0 Å². The third kappa shape index (κ3) is 3.86. The Morgan fingerprint density at radius 3 is 2.47 bits per heavy atom. The normalized spacial score (nSPS) is 12.5. The quantitative estimate of drug-likeness (QED) is 0.501. The highest BCUT2D eigenvalue weighted by Crippen LogP contribution is 2.37. The second-order valence-electron chi connectivity index (χ2n) is 7.58. The van der Waals surface area contributed by atoms with Crippen molar-refractivity contribution in [2.45, 2.75) is 31.2 Å². The van der Waals surface area contributed by atoms with Gasteiger partial charge in [0.05, 0.1) is 10.5 Å². The minimum Gasteiger partial charge on any atom is -0.322 e. The summed E-state index contributed by atoms with van der Waals surface area (Å²) in [5.41, 5.74) is 4.78. The molecule has 7 heteroatoms. The minimum absolute atomic E-state index is 0.160. The molecule has 0 atom stereocenters. The number of nitrogens with one attached hydrogen (secondary N) is 2. The summed E-state index contributed by atoms with van der Waals surface area (Å²) in [5, 5.41) is 2.68. The van der Waals surface area contributed by atoms with E-state index in [1.54, 1.807) is 19.9 Å². The Balaban J connectivity index is 1.59. The fourth-order valence-electron chi connectivity index (χ4n) is 3.65. The summed E-state index contributed by atoms with van der Waals surface area (Å²) in [7, 11) is -3.84. The van der Waals surface area contributed by atoms with Gasteiger partial charge < -0.3 is 5.32 Å². The molecule has 5 nitrogen and oxygen atoms in total. The van der Waals surface area contributed by atoms with Gasteiger partial charge in [0.25, 0.3) is 5.91 Å². The molecule has 30 heavy (non-hydrogen) atoms. The number of sulfonamides is 1. The van der Waals surface area contributed by atoms with Crippen LogP contribution in [0.25, 0.3) is 11.1 Å². The zero-order chi connectivity index (χ0) is 21.5. The third-order valence-corrected chi connectivity index (χ3v) is 6.59. The first-order valence-electron chi connectivity index (χ1n) is 9.59. The molecule has 2 N–H and O–H groups in total. The van der Waals surface area contributed by atoms with E-state index in [1.807, 2.05) is 24.3 Å². The minimum atomic E-state index is -3.84. The van der Waals surface area contributed by atoms with E-state index < -0.39 is 21.7 Å². The number of benzene rings is 3. The molecule has 0 radical (unpaired) electrons. The van der Waals surface area contributed by atoms with Crippen LogP contribution in [0.2, 0.25) is 0 Å². The maximum Gasteiger partial charge on any atom is 0.258 e. The Kier molecular flexibility index (Phi) is 5.17. The predicted octanol–water partition coefficient (Wildman–Crippen LogP) is 4.34. The average Bonchev–Trinajstić information content (AvgIpc) is 3.04. The van der Waals surface area contributed by atoms with Gasteiger partial charge in [-0.3, -0.25) is 4.79 Å². The van der Waals surface area contributed by atoms with Crippen molar-refractivity contribution in [1.29, 1.82) is 0 Å². The molecule has 0 heterocycles. The van der Waals surface area contributed by atoms with Gasteiger partial charge in [-0.1, -0.05) is 30.3 Å². The summed E-state index contributed by atoms with van der Waals surface area (Å²) in [6, 6.07) is 16.5. The number of anilines is 1. The maximum absolute atomic E-state index is 14.3. The first kappa shape index (κ1) is 20.3. The molecule has 0 unspecified atom stereocenters. The molecule has 1 amide bonds. The highest BCUT2D eigenvalue weighted by atomic mass is 32.2. The Bertz CT molecular complexity index is 1250. The lowest BCUT2D eigenvalue weighted by atomic mass is 10.1. The third-order valence-electron chi connectivity index (χ3n) is 4.94. The van der Waals surface area contributed by atoms with E-state index in [0.29, 0.717) is 5.69 Å². The molecule has 0 bridgehead atoms. The molecule has 3 aromatic rings. The van der Waals surface area contributed by atoms with Crippen LogP contribution in [0.4, 0.5) is 10.1 Å². The summed E-state index contributed by atoms with van der Waals surface area (Å²) in [6.45, 7) is 3.36. The molecule has 154 valence electrons. The molecule has 1 aliphatic carbocycles. The van der Waals surface area contributed by atoms with Gasteiger partial charge in [0.2, 0.25) is 10.0 Å². The van der Waals surface area contributed by atoms with Crippen LogP contribution in [0, 0.1) is 5.82 Å². The largest absolute Gasteiger partial charge is 0.322 e.